The van der Waals surface area contributed by atoms with E-state index in [1.807, 2.05) is 16.5 Å². The zero-order valence-corrected chi connectivity index (χ0v) is 17.5. The van der Waals surface area contributed by atoms with Crippen LogP contribution in [0.25, 0.3) is 16.9 Å². The van der Waals surface area contributed by atoms with Gasteiger partial charge in [0.1, 0.15) is 0 Å². The monoisotopic (exact) mass is 442 g/mol. The fraction of sp³-hybridized carbons (Fsp3) is 0.0500. The highest BCUT2D eigenvalue weighted by atomic mass is 32.2. The van der Waals surface area contributed by atoms with E-state index < -0.39 is 19.9 Å². The highest BCUT2D eigenvalue weighted by Gasteiger charge is 2.12. The Kier molecular flexibility index (Phi) is 4.85. The normalized spacial score (nSPS) is 12.2. The number of benzene rings is 2. The minimum Gasteiger partial charge on any atom is -0.352 e. The third-order valence-corrected chi connectivity index (χ3v) is 6.65. The molecule has 0 spiro atoms. The Morgan fingerprint density at radius 1 is 0.867 bits per heavy atom. The van der Waals surface area contributed by atoms with Gasteiger partial charge in [0.15, 0.2) is 15.5 Å². The van der Waals surface area contributed by atoms with Crippen LogP contribution in [0, 0.1) is 0 Å². The topological polar surface area (TPSA) is 124 Å². The molecule has 0 atom stereocenters. The lowest BCUT2D eigenvalue weighted by Crippen LogP contribution is -2.11. The van der Waals surface area contributed by atoms with Crippen LogP contribution in [0.1, 0.15) is 0 Å². The average Bonchev–Trinajstić information content (AvgIpc) is 3.18. The maximum Gasteiger partial charge on any atom is 0.238 e. The van der Waals surface area contributed by atoms with Crippen molar-refractivity contribution < 1.29 is 16.8 Å². The number of hydrogen-bond acceptors (Lipinski definition) is 6. The summed E-state index contributed by atoms with van der Waals surface area (Å²) in [7, 11) is -7.01. The number of fused-ring (bicyclic) bond motifs is 1. The van der Waals surface area contributed by atoms with Gasteiger partial charge in [0.2, 0.25) is 10.0 Å². The zero-order valence-electron chi connectivity index (χ0n) is 15.8. The summed E-state index contributed by atoms with van der Waals surface area (Å²) in [6, 6.07) is 16.5. The molecule has 0 aliphatic heterocycles. The molecule has 154 valence electrons. The molecule has 4 aromatic rings. The van der Waals surface area contributed by atoms with Gasteiger partial charge in [-0.05, 0) is 54.1 Å². The first-order valence-corrected chi connectivity index (χ1v) is 12.2. The fourth-order valence-electron chi connectivity index (χ4n) is 3.10. The van der Waals surface area contributed by atoms with Crippen molar-refractivity contribution in [2.24, 2.45) is 5.14 Å². The van der Waals surface area contributed by atoms with E-state index in [4.69, 9.17) is 5.14 Å². The molecule has 0 aliphatic carbocycles. The zero-order chi connectivity index (χ0) is 21.5. The van der Waals surface area contributed by atoms with Crippen LogP contribution in [0.15, 0.2) is 82.8 Å². The Bertz CT molecular complexity index is 1440. The average molecular weight is 443 g/mol. The summed E-state index contributed by atoms with van der Waals surface area (Å²) >= 11 is 0. The molecule has 10 heteroatoms. The molecule has 0 saturated heterocycles. The van der Waals surface area contributed by atoms with Crippen LogP contribution in [0.3, 0.4) is 0 Å². The summed E-state index contributed by atoms with van der Waals surface area (Å²) in [6.07, 6.45) is 4.63. The van der Waals surface area contributed by atoms with Gasteiger partial charge in [0.25, 0.3) is 0 Å². The van der Waals surface area contributed by atoms with E-state index in [2.05, 4.69) is 10.3 Å². The number of rotatable bonds is 5. The number of sulfone groups is 1. The summed E-state index contributed by atoms with van der Waals surface area (Å²) in [5.41, 5.74) is 3.74. The van der Waals surface area contributed by atoms with E-state index in [0.717, 1.165) is 28.9 Å². The number of hydrogen-bond donors (Lipinski definition) is 2. The van der Waals surface area contributed by atoms with Crippen LogP contribution in [0.2, 0.25) is 0 Å². The van der Waals surface area contributed by atoms with Crippen molar-refractivity contribution >= 4 is 36.9 Å². The van der Waals surface area contributed by atoms with Gasteiger partial charge in [-0.1, -0.05) is 12.1 Å². The number of aromatic nitrogens is 2. The van der Waals surface area contributed by atoms with Gasteiger partial charge in [-0.15, -0.1) is 0 Å². The quantitative estimate of drug-likeness (QED) is 0.490. The maximum absolute atomic E-state index is 11.6. The van der Waals surface area contributed by atoms with Gasteiger partial charge >= 0.3 is 0 Å². The van der Waals surface area contributed by atoms with E-state index in [-0.39, 0.29) is 9.79 Å². The summed E-state index contributed by atoms with van der Waals surface area (Å²) < 4.78 is 48.0. The molecule has 2 heterocycles. The van der Waals surface area contributed by atoms with Crippen molar-refractivity contribution in [2.45, 2.75) is 9.79 Å². The predicted molar refractivity (Wildman–Crippen MR) is 115 cm³/mol. The minimum absolute atomic E-state index is 0.0453. The SMILES string of the molecule is CS(=O)(=O)c1ccc(Nc2ccc(-c3ccc(S(N)(=O)=O)cc3)n3ccnc23)cc1. The van der Waals surface area contributed by atoms with E-state index in [9.17, 15) is 16.8 Å². The lowest BCUT2D eigenvalue weighted by atomic mass is 10.1. The van der Waals surface area contributed by atoms with Gasteiger partial charge in [-0.25, -0.2) is 27.0 Å². The number of anilines is 2. The molecule has 3 N–H and O–H groups in total. The van der Waals surface area contributed by atoms with Gasteiger partial charge in [0, 0.05) is 24.3 Å². The van der Waals surface area contributed by atoms with Gasteiger partial charge < -0.3 is 5.32 Å². The van der Waals surface area contributed by atoms with Crippen molar-refractivity contribution in [1.82, 2.24) is 9.38 Å². The summed E-state index contributed by atoms with van der Waals surface area (Å²) in [5.74, 6) is 0. The molecule has 2 aromatic heterocycles. The second kappa shape index (κ2) is 7.24. The second-order valence-electron chi connectivity index (χ2n) is 6.74. The Balaban J connectivity index is 1.69. The largest absolute Gasteiger partial charge is 0.352 e. The predicted octanol–water partition coefficient (Wildman–Crippen LogP) is 2.80. The van der Waals surface area contributed by atoms with Gasteiger partial charge in [-0.2, -0.15) is 0 Å². The first-order valence-electron chi connectivity index (χ1n) is 8.79. The summed E-state index contributed by atoms with van der Waals surface area (Å²) in [5, 5.41) is 8.41. The van der Waals surface area contributed by atoms with E-state index >= 15 is 0 Å². The molecule has 30 heavy (non-hydrogen) atoms. The van der Waals surface area contributed by atoms with Crippen LogP contribution in [-0.4, -0.2) is 32.5 Å². The second-order valence-corrected chi connectivity index (χ2v) is 10.3. The van der Waals surface area contributed by atoms with Crippen LogP contribution in [0.5, 0.6) is 0 Å². The third kappa shape index (κ3) is 3.92. The number of sulfonamides is 1. The minimum atomic E-state index is -3.75. The molecule has 2 aromatic carbocycles. The number of nitrogens with two attached hydrogens (primary N) is 1. The van der Waals surface area contributed by atoms with Gasteiger partial charge in [0.05, 0.1) is 21.2 Å². The van der Waals surface area contributed by atoms with E-state index in [0.29, 0.717) is 5.65 Å². The summed E-state index contributed by atoms with van der Waals surface area (Å²) in [4.78, 5) is 4.70. The fourth-order valence-corrected chi connectivity index (χ4v) is 4.25. The molecule has 0 saturated carbocycles. The molecular weight excluding hydrogens is 424 g/mol. The molecule has 4 rings (SSSR count). The highest BCUT2D eigenvalue weighted by molar-refractivity contribution is 7.90. The molecule has 0 bridgehead atoms. The number of imidazole rings is 1. The van der Waals surface area contributed by atoms with Crippen LogP contribution in [-0.2, 0) is 19.9 Å². The molecule has 0 aliphatic rings. The molecule has 0 radical (unpaired) electrons. The number of nitrogens with one attached hydrogen (secondary N) is 1. The van der Waals surface area contributed by atoms with E-state index in [1.165, 1.54) is 12.1 Å². The van der Waals surface area contributed by atoms with Crippen LogP contribution >= 0.6 is 0 Å². The maximum atomic E-state index is 11.6. The molecule has 0 unspecified atom stereocenters. The highest BCUT2D eigenvalue weighted by Crippen LogP contribution is 2.28. The molecule has 8 nitrogen and oxygen atoms in total. The van der Waals surface area contributed by atoms with Crippen molar-refractivity contribution in [1.29, 1.82) is 0 Å². The van der Waals surface area contributed by atoms with E-state index in [1.54, 1.807) is 48.8 Å². The van der Waals surface area contributed by atoms with Crippen LogP contribution < -0.4 is 10.5 Å². The van der Waals surface area contributed by atoms with Crippen LogP contribution in [0.4, 0.5) is 11.4 Å². The Labute approximate surface area is 174 Å². The lowest BCUT2D eigenvalue weighted by molar-refractivity contribution is 0.597. The number of primary sulfonamides is 1. The first-order chi connectivity index (χ1) is 14.1. The van der Waals surface area contributed by atoms with Crippen molar-refractivity contribution in [3.05, 3.63) is 73.1 Å². The standard InChI is InChI=1S/C20H18N4O4S2/c1-29(25,26)16-8-4-15(5-9-16)23-18-10-11-19(24-13-12-22-20(18)24)14-2-6-17(7-3-14)30(21,27)28/h2-13,23H,1H3,(H2,21,27,28). The Hall–Kier alpha value is -3.21. The van der Waals surface area contributed by atoms with Crippen molar-refractivity contribution in [3.63, 3.8) is 0 Å². The smallest absolute Gasteiger partial charge is 0.238 e. The van der Waals surface area contributed by atoms with Gasteiger partial charge in [-0.3, -0.25) is 4.40 Å². The third-order valence-electron chi connectivity index (χ3n) is 4.59. The Morgan fingerprint density at radius 3 is 2.10 bits per heavy atom. The molecule has 0 fully saturated rings. The summed E-state index contributed by atoms with van der Waals surface area (Å²) in [6.45, 7) is 0. The molecular formula is C20H18N4O4S2. The molecule has 0 amide bonds. The van der Waals surface area contributed by atoms with Crippen molar-refractivity contribution in [3.8, 4) is 11.3 Å². The first kappa shape index (κ1) is 20.1. The number of nitrogens with zero attached hydrogens (tertiary/aromatic N) is 2. The number of pyridine rings is 1. The lowest BCUT2D eigenvalue weighted by Gasteiger charge is -2.12. The van der Waals surface area contributed by atoms with Crippen molar-refractivity contribution in [2.75, 3.05) is 11.6 Å². The Morgan fingerprint density at radius 2 is 1.50 bits per heavy atom.